The molecule has 1 aromatic carbocycles. The van der Waals surface area contributed by atoms with E-state index < -0.39 is 5.56 Å². The highest BCUT2D eigenvalue weighted by atomic mass is 35.5. The minimum Gasteiger partial charge on any atom is -0.493 e. The van der Waals surface area contributed by atoms with Gasteiger partial charge >= 0.3 is 0 Å². The summed E-state index contributed by atoms with van der Waals surface area (Å²) >= 11 is 11.5. The van der Waals surface area contributed by atoms with Crippen LogP contribution in [0, 0.1) is 0 Å². The van der Waals surface area contributed by atoms with Gasteiger partial charge in [0.1, 0.15) is 17.3 Å². The Morgan fingerprint density at radius 3 is 3.00 bits per heavy atom. The second-order valence-electron chi connectivity index (χ2n) is 4.61. The summed E-state index contributed by atoms with van der Waals surface area (Å²) in [4.78, 5) is 24.1. The molecule has 0 spiro atoms. The molecule has 108 valence electrons. The lowest BCUT2D eigenvalue weighted by Crippen LogP contribution is -2.27. The molecule has 0 bridgehead atoms. The van der Waals surface area contributed by atoms with Crippen LogP contribution in [0.15, 0.2) is 29.2 Å². The molecule has 1 aliphatic heterocycles. The van der Waals surface area contributed by atoms with Crippen LogP contribution >= 0.6 is 23.2 Å². The first-order valence-corrected chi connectivity index (χ1v) is 7.02. The molecule has 0 fully saturated rings. The molecule has 2 aromatic rings. The average Bonchev–Trinajstić information content (AvgIpc) is 2.95. The van der Waals surface area contributed by atoms with Gasteiger partial charge < -0.3 is 4.74 Å². The fourth-order valence-corrected chi connectivity index (χ4v) is 2.42. The molecule has 0 N–H and O–H groups in total. The van der Waals surface area contributed by atoms with Crippen LogP contribution < -0.4 is 10.3 Å². The molecule has 0 saturated heterocycles. The number of hydrogen-bond acceptors (Lipinski definition) is 4. The number of aromatic nitrogens is 2. The number of ketones is 1. The quantitative estimate of drug-likeness (QED) is 0.813. The Bertz CT molecular complexity index is 786. The zero-order chi connectivity index (χ0) is 15.0. The van der Waals surface area contributed by atoms with E-state index in [0.717, 1.165) is 22.4 Å². The molecule has 0 atom stereocenters. The predicted molar refractivity (Wildman–Crippen MR) is 78.5 cm³/mol. The SMILES string of the molecule is O=C(Cn1ncc(Cl)c(Cl)c1=O)c1ccc2c(c1)CCO2. The van der Waals surface area contributed by atoms with Crippen LogP contribution in [0.2, 0.25) is 10.0 Å². The number of hydrogen-bond donors (Lipinski definition) is 0. The number of Topliss-reactive ketones (excluding diaryl/α,β-unsaturated/α-hetero) is 1. The monoisotopic (exact) mass is 324 g/mol. The van der Waals surface area contributed by atoms with Crippen LogP contribution in [0.5, 0.6) is 5.75 Å². The van der Waals surface area contributed by atoms with Gasteiger partial charge in [-0.1, -0.05) is 23.2 Å². The topological polar surface area (TPSA) is 61.2 Å². The molecule has 1 aliphatic rings. The minimum absolute atomic E-state index is 0.0695. The van der Waals surface area contributed by atoms with E-state index >= 15 is 0 Å². The molecule has 3 rings (SSSR count). The maximum atomic E-state index is 12.2. The van der Waals surface area contributed by atoms with E-state index in [-0.39, 0.29) is 22.4 Å². The second kappa shape index (κ2) is 5.50. The Morgan fingerprint density at radius 2 is 2.19 bits per heavy atom. The van der Waals surface area contributed by atoms with Crippen LogP contribution in [-0.2, 0) is 13.0 Å². The number of carbonyl (C=O) groups excluding carboxylic acids is 1. The van der Waals surface area contributed by atoms with E-state index in [9.17, 15) is 9.59 Å². The first kappa shape index (κ1) is 14.1. The van der Waals surface area contributed by atoms with Crippen LogP contribution in [-0.4, -0.2) is 22.2 Å². The normalized spacial score (nSPS) is 12.9. The molecule has 0 aliphatic carbocycles. The van der Waals surface area contributed by atoms with Crippen molar-refractivity contribution in [3.63, 3.8) is 0 Å². The Hall–Kier alpha value is -1.85. The highest BCUT2D eigenvalue weighted by Gasteiger charge is 2.16. The highest BCUT2D eigenvalue weighted by molar-refractivity contribution is 6.41. The Kier molecular flexibility index (Phi) is 3.69. The van der Waals surface area contributed by atoms with Gasteiger partial charge in [0.15, 0.2) is 5.78 Å². The summed E-state index contributed by atoms with van der Waals surface area (Å²) in [6.07, 6.45) is 2.02. The number of ether oxygens (including phenoxy) is 1. The standard InChI is InChI=1S/C14H10Cl2N2O3/c15-10-6-17-18(14(20)13(10)16)7-11(19)8-1-2-12-9(5-8)3-4-21-12/h1-2,5-6H,3-4,7H2. The van der Waals surface area contributed by atoms with Gasteiger partial charge in [0.25, 0.3) is 5.56 Å². The zero-order valence-electron chi connectivity index (χ0n) is 10.8. The first-order chi connectivity index (χ1) is 10.1. The van der Waals surface area contributed by atoms with Crippen molar-refractivity contribution >= 4 is 29.0 Å². The maximum absolute atomic E-state index is 12.2. The van der Waals surface area contributed by atoms with E-state index in [1.165, 1.54) is 6.20 Å². The lowest BCUT2D eigenvalue weighted by Gasteiger charge is -2.06. The molecular formula is C14H10Cl2N2O3. The molecule has 5 nitrogen and oxygen atoms in total. The van der Waals surface area contributed by atoms with Crippen LogP contribution in [0.25, 0.3) is 0 Å². The Labute approximate surface area is 130 Å². The van der Waals surface area contributed by atoms with Crippen molar-refractivity contribution in [2.45, 2.75) is 13.0 Å². The van der Waals surface area contributed by atoms with Crippen molar-refractivity contribution in [2.75, 3.05) is 6.61 Å². The van der Waals surface area contributed by atoms with Crippen molar-refractivity contribution in [3.05, 3.63) is 55.9 Å². The predicted octanol–water partition coefficient (Wildman–Crippen LogP) is 2.37. The summed E-state index contributed by atoms with van der Waals surface area (Å²) in [5.74, 6) is 0.578. The van der Waals surface area contributed by atoms with E-state index in [1.807, 2.05) is 0 Å². The molecule has 0 saturated carbocycles. The van der Waals surface area contributed by atoms with Crippen molar-refractivity contribution in [1.82, 2.24) is 9.78 Å². The minimum atomic E-state index is -0.581. The van der Waals surface area contributed by atoms with E-state index in [2.05, 4.69) is 5.10 Å². The van der Waals surface area contributed by atoms with Crippen LogP contribution in [0.1, 0.15) is 15.9 Å². The maximum Gasteiger partial charge on any atom is 0.287 e. The fourth-order valence-electron chi connectivity index (χ4n) is 2.14. The third-order valence-corrected chi connectivity index (χ3v) is 4.00. The van der Waals surface area contributed by atoms with Crippen molar-refractivity contribution < 1.29 is 9.53 Å². The van der Waals surface area contributed by atoms with Gasteiger partial charge in [0, 0.05) is 12.0 Å². The molecule has 0 amide bonds. The van der Waals surface area contributed by atoms with E-state index in [4.69, 9.17) is 27.9 Å². The Balaban J connectivity index is 1.87. The summed E-state index contributed by atoms with van der Waals surface area (Å²) in [6.45, 7) is 0.441. The van der Waals surface area contributed by atoms with Gasteiger partial charge in [0.2, 0.25) is 0 Å². The number of rotatable bonds is 3. The van der Waals surface area contributed by atoms with Gasteiger partial charge in [0.05, 0.1) is 17.8 Å². The second-order valence-corrected chi connectivity index (χ2v) is 5.40. The number of fused-ring (bicyclic) bond motifs is 1. The van der Waals surface area contributed by atoms with Crippen molar-refractivity contribution in [1.29, 1.82) is 0 Å². The number of halogens is 2. The molecule has 2 heterocycles. The van der Waals surface area contributed by atoms with Crippen molar-refractivity contribution in [3.8, 4) is 5.75 Å². The highest BCUT2D eigenvalue weighted by Crippen LogP contribution is 2.26. The fraction of sp³-hybridized carbons (Fsp3) is 0.214. The van der Waals surface area contributed by atoms with Crippen LogP contribution in [0.3, 0.4) is 0 Å². The number of benzene rings is 1. The molecule has 0 radical (unpaired) electrons. The van der Waals surface area contributed by atoms with Gasteiger partial charge in [-0.2, -0.15) is 5.10 Å². The van der Waals surface area contributed by atoms with Gasteiger partial charge in [-0.25, -0.2) is 4.68 Å². The number of nitrogens with zero attached hydrogens (tertiary/aromatic N) is 2. The summed E-state index contributed by atoms with van der Waals surface area (Å²) in [5, 5.41) is 3.75. The third kappa shape index (κ3) is 2.66. The molecule has 7 heteroatoms. The average molecular weight is 325 g/mol. The molecular weight excluding hydrogens is 315 g/mol. The summed E-state index contributed by atoms with van der Waals surface area (Å²) < 4.78 is 6.39. The molecule has 21 heavy (non-hydrogen) atoms. The molecule has 1 aromatic heterocycles. The summed E-state index contributed by atoms with van der Waals surface area (Å²) in [5.41, 5.74) is 0.927. The first-order valence-electron chi connectivity index (χ1n) is 6.26. The largest absolute Gasteiger partial charge is 0.493 e. The van der Waals surface area contributed by atoms with E-state index in [0.29, 0.717) is 12.2 Å². The Morgan fingerprint density at radius 1 is 1.38 bits per heavy atom. The smallest absolute Gasteiger partial charge is 0.287 e. The molecule has 0 unspecified atom stereocenters. The third-order valence-electron chi connectivity index (χ3n) is 3.25. The lowest BCUT2D eigenvalue weighted by atomic mass is 10.1. The lowest BCUT2D eigenvalue weighted by molar-refractivity contribution is 0.0965. The van der Waals surface area contributed by atoms with Crippen molar-refractivity contribution in [2.24, 2.45) is 0 Å². The van der Waals surface area contributed by atoms with E-state index in [1.54, 1.807) is 18.2 Å². The summed E-state index contributed by atoms with van der Waals surface area (Å²) in [6, 6.07) is 5.23. The van der Waals surface area contributed by atoms with Gasteiger partial charge in [-0.05, 0) is 23.8 Å². The van der Waals surface area contributed by atoms with Gasteiger partial charge in [-0.3, -0.25) is 9.59 Å². The zero-order valence-corrected chi connectivity index (χ0v) is 12.3. The van der Waals surface area contributed by atoms with Crippen LogP contribution in [0.4, 0.5) is 0 Å². The number of carbonyl (C=O) groups is 1. The summed E-state index contributed by atoms with van der Waals surface area (Å²) in [7, 11) is 0. The van der Waals surface area contributed by atoms with Gasteiger partial charge in [-0.15, -0.1) is 0 Å².